The van der Waals surface area contributed by atoms with Crippen molar-refractivity contribution in [2.75, 3.05) is 0 Å². The van der Waals surface area contributed by atoms with Gasteiger partial charge in [0.2, 0.25) is 0 Å². The van der Waals surface area contributed by atoms with E-state index >= 15 is 0 Å². The molecule has 0 saturated carbocycles. The van der Waals surface area contributed by atoms with E-state index in [1.807, 2.05) is 18.2 Å². The van der Waals surface area contributed by atoms with Gasteiger partial charge in [0.1, 0.15) is 0 Å². The van der Waals surface area contributed by atoms with Crippen molar-refractivity contribution in [3.8, 4) is 11.1 Å². The van der Waals surface area contributed by atoms with Crippen molar-refractivity contribution in [1.29, 1.82) is 0 Å². The first kappa shape index (κ1) is 12.4. The Morgan fingerprint density at radius 2 is 1.19 bits per heavy atom. The lowest BCUT2D eigenvalue weighted by Crippen LogP contribution is -1.81. The second kappa shape index (κ2) is 4.91. The zero-order chi connectivity index (χ0) is 14.2. The van der Waals surface area contributed by atoms with Gasteiger partial charge in [-0.25, -0.2) is 0 Å². The maximum Gasteiger partial charge on any atom is 0.0411 e. The first-order valence-corrected chi connectivity index (χ1v) is 7.37. The van der Waals surface area contributed by atoms with Gasteiger partial charge in [-0.3, -0.25) is 0 Å². The van der Waals surface area contributed by atoms with Gasteiger partial charge in [0.25, 0.3) is 0 Å². The van der Waals surface area contributed by atoms with Crippen LogP contribution < -0.4 is 0 Å². The molecule has 0 bridgehead atoms. The highest BCUT2D eigenvalue weighted by Crippen LogP contribution is 2.44. The van der Waals surface area contributed by atoms with Gasteiger partial charge in [-0.15, -0.1) is 0 Å². The summed E-state index contributed by atoms with van der Waals surface area (Å²) in [6, 6.07) is 25.1. The van der Waals surface area contributed by atoms with Gasteiger partial charge in [0.05, 0.1) is 0 Å². The molecule has 0 atom stereocenters. The Balaban J connectivity index is 1.97. The molecule has 0 spiro atoms. The zero-order valence-corrected chi connectivity index (χ0v) is 12.1. The maximum absolute atomic E-state index is 6.10. The van der Waals surface area contributed by atoms with Gasteiger partial charge in [-0.2, -0.15) is 0 Å². The van der Waals surface area contributed by atoms with Crippen molar-refractivity contribution in [2.24, 2.45) is 0 Å². The predicted molar refractivity (Wildman–Crippen MR) is 90.3 cm³/mol. The monoisotopic (exact) mass is 288 g/mol. The van der Waals surface area contributed by atoms with E-state index < -0.39 is 0 Å². The van der Waals surface area contributed by atoms with E-state index in [-0.39, 0.29) is 0 Å². The van der Waals surface area contributed by atoms with Crippen molar-refractivity contribution < 1.29 is 0 Å². The third kappa shape index (κ3) is 2.09. The van der Waals surface area contributed by atoms with Crippen LogP contribution in [-0.4, -0.2) is 0 Å². The summed E-state index contributed by atoms with van der Waals surface area (Å²) < 4.78 is 0. The van der Waals surface area contributed by atoms with Gasteiger partial charge in [-0.1, -0.05) is 72.3 Å². The molecule has 0 unspecified atom stereocenters. The molecule has 0 aliphatic heterocycles. The number of fused-ring (bicyclic) bond motifs is 3. The highest BCUT2D eigenvalue weighted by molar-refractivity contribution is 6.30. The molecule has 0 aromatic heterocycles. The molecule has 21 heavy (non-hydrogen) atoms. The molecule has 0 heterocycles. The van der Waals surface area contributed by atoms with E-state index in [9.17, 15) is 0 Å². The minimum absolute atomic E-state index is 0.768. The van der Waals surface area contributed by atoms with E-state index in [1.165, 1.54) is 27.8 Å². The summed E-state index contributed by atoms with van der Waals surface area (Å²) in [7, 11) is 0. The number of benzene rings is 3. The average Bonchev–Trinajstić information content (AvgIpc) is 2.83. The predicted octanol–water partition coefficient (Wildman–Crippen LogP) is 5.91. The Morgan fingerprint density at radius 1 is 0.619 bits per heavy atom. The maximum atomic E-state index is 6.10. The first-order valence-electron chi connectivity index (χ1n) is 6.99. The van der Waals surface area contributed by atoms with Gasteiger partial charge in [-0.05, 0) is 51.6 Å². The highest BCUT2D eigenvalue weighted by atomic mass is 35.5. The second-order valence-corrected chi connectivity index (χ2v) is 5.64. The first-order chi connectivity index (χ1) is 10.3. The molecule has 0 fully saturated rings. The van der Waals surface area contributed by atoms with Crippen LogP contribution in [0.2, 0.25) is 5.02 Å². The zero-order valence-electron chi connectivity index (χ0n) is 11.4. The van der Waals surface area contributed by atoms with Gasteiger partial charge < -0.3 is 0 Å². The van der Waals surface area contributed by atoms with Crippen molar-refractivity contribution in [3.05, 3.63) is 94.5 Å². The molecule has 3 aromatic carbocycles. The molecule has 0 amide bonds. The second-order valence-electron chi connectivity index (χ2n) is 5.20. The molecule has 3 aromatic rings. The topological polar surface area (TPSA) is 0 Å². The van der Waals surface area contributed by atoms with E-state index in [4.69, 9.17) is 11.6 Å². The van der Waals surface area contributed by atoms with Gasteiger partial charge >= 0.3 is 0 Å². The molecule has 0 radical (unpaired) electrons. The summed E-state index contributed by atoms with van der Waals surface area (Å²) in [5.41, 5.74) is 7.59. The lowest BCUT2D eigenvalue weighted by atomic mass is 10.0. The van der Waals surface area contributed by atoms with Crippen molar-refractivity contribution in [2.45, 2.75) is 0 Å². The van der Waals surface area contributed by atoms with Gasteiger partial charge in [0.15, 0.2) is 0 Å². The van der Waals surface area contributed by atoms with Crippen molar-refractivity contribution in [3.63, 3.8) is 0 Å². The van der Waals surface area contributed by atoms with Crippen LogP contribution in [0.4, 0.5) is 0 Å². The fourth-order valence-corrected chi connectivity index (χ4v) is 3.17. The van der Waals surface area contributed by atoms with Crippen LogP contribution in [0, 0.1) is 0 Å². The highest BCUT2D eigenvalue weighted by Gasteiger charge is 2.21. The number of halogens is 1. The lowest BCUT2D eigenvalue weighted by molar-refractivity contribution is 1.64. The summed E-state index contributed by atoms with van der Waals surface area (Å²) >= 11 is 6.10. The molecular weight excluding hydrogens is 276 g/mol. The SMILES string of the molecule is Clc1cccc(C=C2c3ccccc3-c3ccccc32)c1. The molecule has 1 aliphatic carbocycles. The van der Waals surface area contributed by atoms with Crippen molar-refractivity contribution in [1.82, 2.24) is 0 Å². The largest absolute Gasteiger partial charge is 0.0843 e. The fraction of sp³-hybridized carbons (Fsp3) is 0. The fourth-order valence-electron chi connectivity index (χ4n) is 2.97. The molecule has 0 nitrogen and oxygen atoms in total. The molecule has 1 heteroatoms. The van der Waals surface area contributed by atoms with Crippen LogP contribution in [0.15, 0.2) is 72.8 Å². The van der Waals surface area contributed by atoms with Crippen LogP contribution in [0.1, 0.15) is 16.7 Å². The molecule has 4 rings (SSSR count). The normalized spacial score (nSPS) is 12.0. The minimum Gasteiger partial charge on any atom is -0.0843 e. The molecular formula is C20H13Cl. The van der Waals surface area contributed by atoms with Gasteiger partial charge in [0, 0.05) is 5.02 Å². The number of hydrogen-bond acceptors (Lipinski definition) is 0. The summed E-state index contributed by atoms with van der Waals surface area (Å²) in [5.74, 6) is 0. The third-order valence-corrected chi connectivity index (χ3v) is 4.12. The Bertz CT molecular complexity index is 811. The third-order valence-electron chi connectivity index (χ3n) is 3.88. The van der Waals surface area contributed by atoms with Crippen molar-refractivity contribution >= 4 is 23.3 Å². The van der Waals surface area contributed by atoms with Crippen LogP contribution in [0.5, 0.6) is 0 Å². The average molecular weight is 289 g/mol. The quantitative estimate of drug-likeness (QED) is 0.408. The van der Waals surface area contributed by atoms with Crippen LogP contribution in [-0.2, 0) is 0 Å². The Morgan fingerprint density at radius 3 is 1.76 bits per heavy atom. The van der Waals surface area contributed by atoms with Crippen LogP contribution in [0.3, 0.4) is 0 Å². The Kier molecular flexibility index (Phi) is 2.90. The summed E-state index contributed by atoms with van der Waals surface area (Å²) in [6.45, 7) is 0. The van der Waals surface area contributed by atoms with Crippen LogP contribution in [0.25, 0.3) is 22.8 Å². The summed E-state index contributed by atoms with van der Waals surface area (Å²) in [4.78, 5) is 0. The Labute approximate surface area is 129 Å². The summed E-state index contributed by atoms with van der Waals surface area (Å²) in [6.07, 6.45) is 2.22. The molecule has 0 saturated heterocycles. The number of rotatable bonds is 1. The lowest BCUT2D eigenvalue weighted by Gasteiger charge is -2.03. The van der Waals surface area contributed by atoms with E-state index in [1.54, 1.807) is 0 Å². The smallest absolute Gasteiger partial charge is 0.0411 e. The Hall–Kier alpha value is -2.31. The van der Waals surface area contributed by atoms with E-state index in [0.717, 1.165) is 10.6 Å². The molecule has 1 aliphatic rings. The van der Waals surface area contributed by atoms with E-state index in [2.05, 4.69) is 60.7 Å². The molecule has 0 N–H and O–H groups in total. The molecule has 100 valence electrons. The summed E-state index contributed by atoms with van der Waals surface area (Å²) in [5, 5.41) is 0.768. The number of hydrogen-bond donors (Lipinski definition) is 0. The minimum atomic E-state index is 0.768. The van der Waals surface area contributed by atoms with Crippen LogP contribution >= 0.6 is 11.6 Å². The van der Waals surface area contributed by atoms with E-state index in [0.29, 0.717) is 0 Å². The standard InChI is InChI=1S/C20H13Cl/c21-15-7-5-6-14(12-15)13-20-18-10-3-1-8-16(18)17-9-2-4-11-19(17)20/h1-13H.